The van der Waals surface area contributed by atoms with Crippen LogP contribution in [0.15, 0.2) is 40.5 Å². The molecular weight excluding hydrogens is 372 g/mol. The number of thioether (sulfide) groups is 1. The first-order valence-corrected chi connectivity index (χ1v) is 10.8. The van der Waals surface area contributed by atoms with E-state index in [1.54, 1.807) is 16.7 Å². The van der Waals surface area contributed by atoms with Crippen LogP contribution in [0.5, 0.6) is 0 Å². The van der Waals surface area contributed by atoms with Crippen molar-refractivity contribution in [3.8, 4) is 0 Å². The quantitative estimate of drug-likeness (QED) is 0.675. The molecule has 0 aromatic heterocycles. The molecule has 0 unspecified atom stereocenters. The minimum absolute atomic E-state index is 0.00269. The molecule has 0 saturated carbocycles. The van der Waals surface area contributed by atoms with Crippen molar-refractivity contribution in [3.05, 3.63) is 46.7 Å². The number of hydrogen-bond donors (Lipinski definition) is 0. The van der Waals surface area contributed by atoms with Crippen molar-refractivity contribution < 1.29 is 14.3 Å². The summed E-state index contributed by atoms with van der Waals surface area (Å²) in [6, 6.07) is 7.67. The van der Waals surface area contributed by atoms with Gasteiger partial charge in [-0.15, -0.1) is 0 Å². The summed E-state index contributed by atoms with van der Waals surface area (Å²) in [5.74, 6) is 0.974. The third-order valence-corrected chi connectivity index (χ3v) is 5.85. The lowest BCUT2D eigenvalue weighted by atomic mass is 9.92. The highest BCUT2D eigenvalue weighted by atomic mass is 32.2. The summed E-state index contributed by atoms with van der Waals surface area (Å²) < 4.78 is 5.53. The number of allylic oxidation sites excluding steroid dienone is 1. The third kappa shape index (κ3) is 4.17. The van der Waals surface area contributed by atoms with Crippen LogP contribution in [0, 0.1) is 5.92 Å². The van der Waals surface area contributed by atoms with Gasteiger partial charge in [-0.25, -0.2) is 9.79 Å². The Labute approximate surface area is 171 Å². The fourth-order valence-corrected chi connectivity index (χ4v) is 4.36. The largest absolute Gasteiger partial charge is 0.462 e. The normalized spacial score (nSPS) is 19.8. The number of amidine groups is 1. The SMILES string of the molecule is CC1=C(C(=O)OCC(C)C)[C@H](c2ccc(C(C)C)cc2)N2C(=O)CCSC2=N1. The molecule has 0 aliphatic carbocycles. The summed E-state index contributed by atoms with van der Waals surface area (Å²) in [4.78, 5) is 32.0. The van der Waals surface area contributed by atoms with Gasteiger partial charge in [0, 0.05) is 12.2 Å². The van der Waals surface area contributed by atoms with Crippen molar-refractivity contribution in [2.75, 3.05) is 12.4 Å². The van der Waals surface area contributed by atoms with Crippen LogP contribution in [-0.4, -0.2) is 34.3 Å². The van der Waals surface area contributed by atoms with Crippen LogP contribution >= 0.6 is 11.8 Å². The molecule has 1 fully saturated rings. The Kier molecular flexibility index (Phi) is 6.28. The number of benzene rings is 1. The number of aliphatic imine (C=N–C) groups is 1. The van der Waals surface area contributed by atoms with E-state index >= 15 is 0 Å². The molecule has 0 N–H and O–H groups in total. The van der Waals surface area contributed by atoms with Crippen molar-refractivity contribution in [1.29, 1.82) is 0 Å². The van der Waals surface area contributed by atoms with E-state index in [2.05, 4.69) is 31.0 Å². The van der Waals surface area contributed by atoms with Crippen LogP contribution in [0.4, 0.5) is 0 Å². The van der Waals surface area contributed by atoms with Crippen LogP contribution in [0.3, 0.4) is 0 Å². The molecule has 3 rings (SSSR count). The molecule has 0 bridgehead atoms. The molecule has 2 heterocycles. The summed E-state index contributed by atoms with van der Waals surface area (Å²) in [5.41, 5.74) is 3.21. The van der Waals surface area contributed by atoms with E-state index in [0.29, 0.717) is 41.1 Å². The Hall–Kier alpha value is -2.08. The molecule has 2 aliphatic heterocycles. The molecule has 0 spiro atoms. The van der Waals surface area contributed by atoms with Crippen molar-refractivity contribution in [2.24, 2.45) is 10.9 Å². The van der Waals surface area contributed by atoms with Crippen molar-refractivity contribution in [3.63, 3.8) is 0 Å². The number of hydrogen-bond acceptors (Lipinski definition) is 5. The number of ether oxygens (including phenoxy) is 1. The number of carbonyl (C=O) groups excluding carboxylic acids is 2. The topological polar surface area (TPSA) is 59.0 Å². The van der Waals surface area contributed by atoms with E-state index in [9.17, 15) is 9.59 Å². The van der Waals surface area contributed by atoms with Gasteiger partial charge in [0.25, 0.3) is 0 Å². The van der Waals surface area contributed by atoms with Gasteiger partial charge in [-0.05, 0) is 29.9 Å². The van der Waals surface area contributed by atoms with E-state index < -0.39 is 12.0 Å². The highest BCUT2D eigenvalue weighted by Crippen LogP contribution is 2.40. The molecule has 1 aromatic carbocycles. The van der Waals surface area contributed by atoms with Gasteiger partial charge in [0.2, 0.25) is 5.91 Å². The smallest absolute Gasteiger partial charge is 0.338 e. The zero-order valence-electron chi connectivity index (χ0n) is 17.2. The van der Waals surface area contributed by atoms with Gasteiger partial charge in [-0.3, -0.25) is 9.69 Å². The lowest BCUT2D eigenvalue weighted by Crippen LogP contribution is -2.45. The molecule has 5 nitrogen and oxygen atoms in total. The van der Waals surface area contributed by atoms with Crippen LogP contribution < -0.4 is 0 Å². The van der Waals surface area contributed by atoms with E-state index in [4.69, 9.17) is 4.74 Å². The van der Waals surface area contributed by atoms with Crippen LogP contribution in [0.25, 0.3) is 0 Å². The molecule has 2 aliphatic rings. The molecule has 0 radical (unpaired) electrons. The predicted octanol–water partition coefficient (Wildman–Crippen LogP) is 4.66. The summed E-state index contributed by atoms with van der Waals surface area (Å²) in [6.45, 7) is 10.4. The average Bonchev–Trinajstić information content (AvgIpc) is 2.65. The van der Waals surface area contributed by atoms with Crippen LogP contribution in [-0.2, 0) is 14.3 Å². The first-order valence-electron chi connectivity index (χ1n) is 9.81. The Morgan fingerprint density at radius 3 is 2.54 bits per heavy atom. The van der Waals surface area contributed by atoms with Gasteiger partial charge < -0.3 is 4.74 Å². The maximum Gasteiger partial charge on any atom is 0.338 e. The van der Waals surface area contributed by atoms with Crippen molar-refractivity contribution >= 4 is 28.8 Å². The van der Waals surface area contributed by atoms with Gasteiger partial charge in [-0.1, -0.05) is 63.7 Å². The third-order valence-electron chi connectivity index (χ3n) is 4.89. The average molecular weight is 401 g/mol. The second-order valence-corrected chi connectivity index (χ2v) is 9.03. The molecule has 150 valence electrons. The van der Waals surface area contributed by atoms with Crippen LogP contribution in [0.2, 0.25) is 0 Å². The summed E-state index contributed by atoms with van der Waals surface area (Å²) in [7, 11) is 0. The van der Waals surface area contributed by atoms with Gasteiger partial charge in [0.05, 0.1) is 23.9 Å². The summed E-state index contributed by atoms with van der Waals surface area (Å²) in [5, 5.41) is 0.673. The minimum Gasteiger partial charge on any atom is -0.462 e. The molecule has 1 amide bonds. The predicted molar refractivity (Wildman–Crippen MR) is 113 cm³/mol. The fourth-order valence-electron chi connectivity index (χ4n) is 3.36. The standard InChI is InChI=1S/C22H28N2O3S/c1-13(2)12-27-21(26)19-15(5)23-22-24(18(25)10-11-28-22)20(19)17-8-6-16(7-9-17)14(3)4/h6-9,13-14,20H,10-12H2,1-5H3/t20-/m0/s1. The van der Waals surface area contributed by atoms with Gasteiger partial charge in [0.15, 0.2) is 5.17 Å². The number of amides is 1. The molecular formula is C22H28N2O3S. The van der Waals surface area contributed by atoms with E-state index in [0.717, 1.165) is 5.56 Å². The summed E-state index contributed by atoms with van der Waals surface area (Å²) >= 11 is 1.56. The lowest BCUT2D eigenvalue weighted by Gasteiger charge is -2.39. The Bertz CT molecular complexity index is 825. The first-order chi connectivity index (χ1) is 13.3. The number of carbonyl (C=O) groups is 2. The first kappa shape index (κ1) is 20.6. The number of esters is 1. The minimum atomic E-state index is -0.492. The number of rotatable bonds is 5. The number of fused-ring (bicyclic) bond motifs is 1. The second kappa shape index (κ2) is 8.52. The molecule has 1 aromatic rings. The van der Waals surface area contributed by atoms with Gasteiger partial charge >= 0.3 is 5.97 Å². The van der Waals surface area contributed by atoms with E-state index in [1.807, 2.05) is 32.9 Å². The maximum absolute atomic E-state index is 13.0. The molecule has 1 atom stereocenters. The van der Waals surface area contributed by atoms with Crippen molar-refractivity contribution in [2.45, 2.75) is 53.0 Å². The maximum atomic E-state index is 13.0. The Balaban J connectivity index is 2.05. The van der Waals surface area contributed by atoms with E-state index in [-0.39, 0.29) is 11.8 Å². The van der Waals surface area contributed by atoms with Crippen molar-refractivity contribution in [1.82, 2.24) is 4.90 Å². The molecule has 6 heteroatoms. The second-order valence-electron chi connectivity index (χ2n) is 7.97. The monoisotopic (exact) mass is 400 g/mol. The Morgan fingerprint density at radius 2 is 1.93 bits per heavy atom. The Morgan fingerprint density at radius 1 is 1.25 bits per heavy atom. The lowest BCUT2D eigenvalue weighted by molar-refractivity contribution is -0.141. The summed E-state index contributed by atoms with van der Waals surface area (Å²) in [6.07, 6.45) is 0.442. The fraction of sp³-hybridized carbons (Fsp3) is 0.500. The molecule has 28 heavy (non-hydrogen) atoms. The van der Waals surface area contributed by atoms with Crippen LogP contribution in [0.1, 0.15) is 64.1 Å². The number of nitrogens with zero attached hydrogens (tertiary/aromatic N) is 2. The van der Waals surface area contributed by atoms with Gasteiger partial charge in [-0.2, -0.15) is 0 Å². The van der Waals surface area contributed by atoms with E-state index in [1.165, 1.54) is 5.56 Å². The zero-order chi connectivity index (χ0) is 20.4. The van der Waals surface area contributed by atoms with Gasteiger partial charge in [0.1, 0.15) is 0 Å². The molecule has 1 saturated heterocycles. The zero-order valence-corrected chi connectivity index (χ0v) is 18.0. The highest BCUT2D eigenvalue weighted by Gasteiger charge is 2.41. The highest BCUT2D eigenvalue weighted by molar-refractivity contribution is 8.14.